The monoisotopic (exact) mass is 390 g/mol. The molecule has 1 aromatic rings. The highest BCUT2D eigenvalue weighted by atomic mass is 35.5. The van der Waals surface area contributed by atoms with Crippen LogP contribution in [0.3, 0.4) is 0 Å². The zero-order valence-electron chi connectivity index (χ0n) is 14.8. The molecule has 0 unspecified atom stereocenters. The van der Waals surface area contributed by atoms with E-state index in [2.05, 4.69) is 24.1 Å². The van der Waals surface area contributed by atoms with E-state index in [0.717, 1.165) is 19.6 Å². The molecule has 0 aliphatic heterocycles. The highest BCUT2D eigenvalue weighted by Gasteiger charge is 2.18. The molecule has 1 amide bonds. The molecule has 6 nitrogen and oxygen atoms in total. The Labute approximate surface area is 155 Å². The van der Waals surface area contributed by atoms with Crippen molar-refractivity contribution in [2.24, 2.45) is 0 Å². The summed E-state index contributed by atoms with van der Waals surface area (Å²) in [5.74, 6) is -0.589. The third-order valence-electron chi connectivity index (χ3n) is 3.78. The molecule has 1 N–H and O–H groups in total. The number of ether oxygens (including phenoxy) is 1. The second-order valence-corrected chi connectivity index (χ2v) is 7.97. The smallest absolute Gasteiger partial charge is 0.221 e. The van der Waals surface area contributed by atoms with E-state index in [1.807, 2.05) is 0 Å². The minimum Gasteiger partial charge on any atom is -0.378 e. The summed E-state index contributed by atoms with van der Waals surface area (Å²) in [6.07, 6.45) is -0.104. The summed E-state index contributed by atoms with van der Waals surface area (Å²) >= 11 is 5.90. The number of carbonyl (C=O) groups excluding carboxylic acids is 1. The average molecular weight is 391 g/mol. The summed E-state index contributed by atoms with van der Waals surface area (Å²) < 4.78 is 29.9. The van der Waals surface area contributed by atoms with Gasteiger partial charge in [-0.15, -0.1) is 0 Å². The molecule has 0 bridgehead atoms. The lowest BCUT2D eigenvalue weighted by molar-refractivity contribution is -0.120. The molecular formula is C17H27ClN2O4S. The molecule has 0 saturated heterocycles. The van der Waals surface area contributed by atoms with Crippen LogP contribution in [0, 0.1) is 0 Å². The number of nitrogens with zero attached hydrogens (tertiary/aromatic N) is 1. The molecule has 1 rings (SSSR count). The fraction of sp³-hybridized carbons (Fsp3) is 0.588. The topological polar surface area (TPSA) is 75.7 Å². The maximum absolute atomic E-state index is 12.2. The van der Waals surface area contributed by atoms with Gasteiger partial charge in [-0.1, -0.05) is 37.6 Å². The van der Waals surface area contributed by atoms with Crippen LogP contribution in [0.2, 0.25) is 5.02 Å². The van der Waals surface area contributed by atoms with Gasteiger partial charge in [0.05, 0.1) is 28.9 Å². The Morgan fingerprint density at radius 2 is 1.88 bits per heavy atom. The second kappa shape index (κ2) is 11.5. The number of likely N-dealkylation sites (N-methyl/N-ethyl adjacent to an activating group) is 1. The van der Waals surface area contributed by atoms with Gasteiger partial charge in [0.25, 0.3) is 0 Å². The van der Waals surface area contributed by atoms with Gasteiger partial charge in [-0.05, 0) is 25.2 Å². The van der Waals surface area contributed by atoms with Gasteiger partial charge >= 0.3 is 0 Å². The fourth-order valence-corrected chi connectivity index (χ4v) is 4.03. The van der Waals surface area contributed by atoms with Crippen LogP contribution >= 0.6 is 11.6 Å². The van der Waals surface area contributed by atoms with Crippen molar-refractivity contribution in [3.63, 3.8) is 0 Å². The van der Waals surface area contributed by atoms with Crippen molar-refractivity contribution in [2.45, 2.75) is 25.2 Å². The standard InChI is InChI=1S/C17H27ClN2O4S/c1-3-20(4-2)11-13-24-12-10-19-17(21)9-14-25(22,23)16-8-6-5-7-15(16)18/h5-8H,3-4,9-14H2,1-2H3,(H,19,21). The molecule has 8 heteroatoms. The van der Waals surface area contributed by atoms with Crippen LogP contribution in [0.25, 0.3) is 0 Å². The maximum atomic E-state index is 12.2. The van der Waals surface area contributed by atoms with Crippen LogP contribution in [0.15, 0.2) is 29.2 Å². The minimum absolute atomic E-state index is 0.0594. The number of hydrogen-bond donors (Lipinski definition) is 1. The van der Waals surface area contributed by atoms with Crippen LogP contribution in [0.5, 0.6) is 0 Å². The summed E-state index contributed by atoms with van der Waals surface area (Å²) in [5.41, 5.74) is 0. The first-order valence-electron chi connectivity index (χ1n) is 8.44. The second-order valence-electron chi connectivity index (χ2n) is 5.49. The number of nitrogens with one attached hydrogen (secondary N) is 1. The minimum atomic E-state index is -3.57. The van der Waals surface area contributed by atoms with E-state index in [0.29, 0.717) is 19.8 Å². The Kier molecular flexibility index (Phi) is 10.0. The quantitative estimate of drug-likeness (QED) is 0.552. The molecule has 142 valence electrons. The lowest BCUT2D eigenvalue weighted by Gasteiger charge is -2.17. The predicted octanol–water partition coefficient (Wildman–Crippen LogP) is 1.98. The molecule has 1 aromatic carbocycles. The molecule has 0 aliphatic rings. The number of carbonyl (C=O) groups is 1. The number of halogens is 1. The van der Waals surface area contributed by atoms with Gasteiger partial charge in [0.2, 0.25) is 5.91 Å². The van der Waals surface area contributed by atoms with E-state index in [1.54, 1.807) is 12.1 Å². The van der Waals surface area contributed by atoms with Crippen molar-refractivity contribution in [1.29, 1.82) is 0 Å². The van der Waals surface area contributed by atoms with E-state index >= 15 is 0 Å². The molecule has 0 saturated carbocycles. The Morgan fingerprint density at radius 3 is 2.52 bits per heavy atom. The summed E-state index contributed by atoms with van der Waals surface area (Å²) in [6.45, 7) is 8.40. The Bertz CT molecular complexity index is 633. The first-order valence-corrected chi connectivity index (χ1v) is 10.5. The molecule has 0 spiro atoms. The fourth-order valence-electron chi connectivity index (χ4n) is 2.22. The Morgan fingerprint density at radius 1 is 1.20 bits per heavy atom. The molecule has 0 heterocycles. The van der Waals surface area contributed by atoms with E-state index in [9.17, 15) is 13.2 Å². The highest BCUT2D eigenvalue weighted by molar-refractivity contribution is 7.91. The lowest BCUT2D eigenvalue weighted by atomic mass is 10.4. The van der Waals surface area contributed by atoms with Crippen LogP contribution < -0.4 is 5.32 Å². The van der Waals surface area contributed by atoms with Gasteiger partial charge in [0, 0.05) is 19.5 Å². The largest absolute Gasteiger partial charge is 0.378 e. The summed E-state index contributed by atoms with van der Waals surface area (Å²) in [5, 5.41) is 2.83. The van der Waals surface area contributed by atoms with Crippen LogP contribution in [0.1, 0.15) is 20.3 Å². The van der Waals surface area contributed by atoms with E-state index in [1.165, 1.54) is 12.1 Å². The number of benzene rings is 1. The van der Waals surface area contributed by atoms with Crippen molar-refractivity contribution in [3.8, 4) is 0 Å². The molecular weight excluding hydrogens is 364 g/mol. The number of sulfone groups is 1. The van der Waals surface area contributed by atoms with E-state index in [4.69, 9.17) is 16.3 Å². The van der Waals surface area contributed by atoms with E-state index < -0.39 is 9.84 Å². The first kappa shape index (κ1) is 21.9. The third-order valence-corrected chi connectivity index (χ3v) is 5.99. The van der Waals surface area contributed by atoms with Gasteiger partial charge in [0.15, 0.2) is 9.84 Å². The number of hydrogen-bond acceptors (Lipinski definition) is 5. The Balaban J connectivity index is 2.24. The van der Waals surface area contributed by atoms with Crippen LogP contribution in [-0.2, 0) is 19.4 Å². The number of rotatable bonds is 12. The first-order chi connectivity index (χ1) is 11.9. The van der Waals surface area contributed by atoms with Gasteiger partial charge in [-0.3, -0.25) is 4.79 Å². The maximum Gasteiger partial charge on any atom is 0.221 e. The van der Waals surface area contributed by atoms with Gasteiger partial charge in [0.1, 0.15) is 0 Å². The third kappa shape index (κ3) is 8.18. The molecule has 0 fully saturated rings. The number of amides is 1. The van der Waals surface area contributed by atoms with Crippen molar-refractivity contribution < 1.29 is 17.9 Å². The zero-order valence-corrected chi connectivity index (χ0v) is 16.4. The molecule has 0 atom stereocenters. The lowest BCUT2D eigenvalue weighted by Crippen LogP contribution is -2.31. The van der Waals surface area contributed by atoms with Gasteiger partial charge < -0.3 is 15.0 Å². The van der Waals surface area contributed by atoms with E-state index in [-0.39, 0.29) is 28.0 Å². The van der Waals surface area contributed by atoms with Crippen molar-refractivity contribution in [1.82, 2.24) is 10.2 Å². The van der Waals surface area contributed by atoms with Gasteiger partial charge in [-0.2, -0.15) is 0 Å². The average Bonchev–Trinajstić information content (AvgIpc) is 2.60. The highest BCUT2D eigenvalue weighted by Crippen LogP contribution is 2.22. The molecule has 0 aliphatic carbocycles. The van der Waals surface area contributed by atoms with Crippen LogP contribution in [0.4, 0.5) is 0 Å². The zero-order chi connectivity index (χ0) is 18.7. The predicted molar refractivity (Wildman–Crippen MR) is 99.7 cm³/mol. The Hall–Kier alpha value is -1.15. The summed E-state index contributed by atoms with van der Waals surface area (Å²) in [4.78, 5) is 14.1. The molecule has 25 heavy (non-hydrogen) atoms. The summed E-state index contributed by atoms with van der Waals surface area (Å²) in [7, 11) is -3.57. The van der Waals surface area contributed by atoms with Gasteiger partial charge in [-0.25, -0.2) is 8.42 Å². The van der Waals surface area contributed by atoms with Crippen molar-refractivity contribution in [2.75, 3.05) is 45.1 Å². The van der Waals surface area contributed by atoms with Crippen LogP contribution in [-0.4, -0.2) is 64.4 Å². The molecule has 0 aromatic heterocycles. The van der Waals surface area contributed by atoms with Crippen molar-refractivity contribution in [3.05, 3.63) is 29.3 Å². The normalized spacial score (nSPS) is 11.7. The molecule has 0 radical (unpaired) electrons. The van der Waals surface area contributed by atoms with Crippen molar-refractivity contribution >= 4 is 27.3 Å². The summed E-state index contributed by atoms with van der Waals surface area (Å²) in [6, 6.07) is 6.23. The SMILES string of the molecule is CCN(CC)CCOCCNC(=O)CCS(=O)(=O)c1ccccc1Cl.